The lowest BCUT2D eigenvalue weighted by atomic mass is 10.1. The summed E-state index contributed by atoms with van der Waals surface area (Å²) in [6, 6.07) is 7.94. The van der Waals surface area contributed by atoms with Gasteiger partial charge in [0.2, 0.25) is 0 Å². The van der Waals surface area contributed by atoms with Gasteiger partial charge in [-0.3, -0.25) is 4.79 Å². The lowest BCUT2D eigenvalue weighted by molar-refractivity contribution is -0.114. The van der Waals surface area contributed by atoms with Crippen molar-refractivity contribution in [3.8, 4) is 5.75 Å². The number of fused-ring (bicyclic) bond motifs is 3. The number of anilines is 1. The third-order valence-electron chi connectivity index (χ3n) is 2.79. The maximum absolute atomic E-state index is 11.3. The fraction of sp³-hybridized carbons (Fsp3) is 0.250. The molecular formula is C12H11NO2. The number of nitrogens with zero attached hydrogens (tertiary/aromatic N) is 1. The predicted molar refractivity (Wildman–Crippen MR) is 57.0 cm³/mol. The van der Waals surface area contributed by atoms with Gasteiger partial charge in [0.1, 0.15) is 12.4 Å². The maximum atomic E-state index is 11.3. The van der Waals surface area contributed by atoms with E-state index in [1.165, 1.54) is 0 Å². The predicted octanol–water partition coefficient (Wildman–Crippen LogP) is 1.74. The van der Waals surface area contributed by atoms with E-state index in [2.05, 4.69) is 4.90 Å². The molecule has 0 spiro atoms. The molecule has 15 heavy (non-hydrogen) atoms. The number of carbonyl (C=O) groups excluding carboxylic acids is 1. The van der Waals surface area contributed by atoms with E-state index >= 15 is 0 Å². The molecule has 3 rings (SSSR count). The molecule has 76 valence electrons. The number of carbonyl (C=O) groups is 1. The summed E-state index contributed by atoms with van der Waals surface area (Å²) in [7, 11) is 0. The summed E-state index contributed by atoms with van der Waals surface area (Å²) in [5.74, 6) is 1.10. The van der Waals surface area contributed by atoms with Gasteiger partial charge in [0.15, 0.2) is 5.78 Å². The Labute approximate surface area is 88.0 Å². The van der Waals surface area contributed by atoms with E-state index in [0.29, 0.717) is 13.0 Å². The molecule has 0 amide bonds. The van der Waals surface area contributed by atoms with E-state index in [9.17, 15) is 4.79 Å². The second-order valence-electron chi connectivity index (χ2n) is 3.76. The van der Waals surface area contributed by atoms with Gasteiger partial charge < -0.3 is 9.64 Å². The average Bonchev–Trinajstić information content (AvgIpc) is 2.28. The summed E-state index contributed by atoms with van der Waals surface area (Å²) < 4.78 is 5.58. The third kappa shape index (κ3) is 1.31. The van der Waals surface area contributed by atoms with Gasteiger partial charge in [0.25, 0.3) is 0 Å². The SMILES string of the molecule is O=C1C=C2COc3ccccc3N2CC1. The van der Waals surface area contributed by atoms with Crippen LogP contribution < -0.4 is 9.64 Å². The number of rotatable bonds is 0. The third-order valence-corrected chi connectivity index (χ3v) is 2.79. The van der Waals surface area contributed by atoms with Gasteiger partial charge >= 0.3 is 0 Å². The number of para-hydroxylation sites is 2. The number of hydrogen-bond donors (Lipinski definition) is 0. The van der Waals surface area contributed by atoms with Crippen LogP contribution in [0.2, 0.25) is 0 Å². The monoisotopic (exact) mass is 201 g/mol. The Morgan fingerprint density at radius 1 is 1.27 bits per heavy atom. The van der Waals surface area contributed by atoms with Crippen molar-refractivity contribution in [2.45, 2.75) is 6.42 Å². The molecule has 2 aliphatic heterocycles. The van der Waals surface area contributed by atoms with Gasteiger partial charge in [0.05, 0.1) is 11.4 Å². The normalized spacial score (nSPS) is 18.8. The van der Waals surface area contributed by atoms with Crippen molar-refractivity contribution in [3.05, 3.63) is 36.0 Å². The minimum Gasteiger partial charge on any atom is -0.485 e. The fourth-order valence-corrected chi connectivity index (χ4v) is 2.05. The Bertz CT molecular complexity index is 451. The smallest absolute Gasteiger partial charge is 0.159 e. The van der Waals surface area contributed by atoms with Crippen LogP contribution >= 0.6 is 0 Å². The number of allylic oxidation sites excluding steroid dienone is 1. The summed E-state index contributed by atoms with van der Waals surface area (Å²) in [4.78, 5) is 13.4. The van der Waals surface area contributed by atoms with Gasteiger partial charge in [0, 0.05) is 19.0 Å². The summed E-state index contributed by atoms with van der Waals surface area (Å²) in [5.41, 5.74) is 2.05. The molecule has 0 unspecified atom stereocenters. The van der Waals surface area contributed by atoms with Crippen LogP contribution in [0.25, 0.3) is 0 Å². The maximum Gasteiger partial charge on any atom is 0.159 e. The standard InChI is InChI=1S/C12H11NO2/c14-10-5-6-13-9(7-10)8-15-12-4-2-1-3-11(12)13/h1-4,7H,5-6,8H2. The van der Waals surface area contributed by atoms with E-state index in [4.69, 9.17) is 4.74 Å². The first-order valence-corrected chi connectivity index (χ1v) is 5.07. The largest absolute Gasteiger partial charge is 0.485 e. The first-order chi connectivity index (χ1) is 7.34. The van der Waals surface area contributed by atoms with Gasteiger partial charge in [-0.2, -0.15) is 0 Å². The minimum atomic E-state index is 0.198. The molecule has 3 nitrogen and oxygen atoms in total. The van der Waals surface area contributed by atoms with E-state index in [1.807, 2.05) is 24.3 Å². The van der Waals surface area contributed by atoms with Gasteiger partial charge in [-0.1, -0.05) is 12.1 Å². The number of benzene rings is 1. The zero-order valence-electron chi connectivity index (χ0n) is 8.27. The van der Waals surface area contributed by atoms with Crippen molar-refractivity contribution >= 4 is 11.5 Å². The van der Waals surface area contributed by atoms with Crippen molar-refractivity contribution in [1.82, 2.24) is 0 Å². The van der Waals surface area contributed by atoms with Crippen LogP contribution in [0.15, 0.2) is 36.0 Å². The highest BCUT2D eigenvalue weighted by Crippen LogP contribution is 2.36. The second-order valence-corrected chi connectivity index (χ2v) is 3.76. The second kappa shape index (κ2) is 3.12. The zero-order chi connectivity index (χ0) is 10.3. The van der Waals surface area contributed by atoms with Crippen molar-refractivity contribution in [2.75, 3.05) is 18.1 Å². The highest BCUT2D eigenvalue weighted by molar-refractivity contribution is 5.93. The Balaban J connectivity index is 2.08. The zero-order valence-corrected chi connectivity index (χ0v) is 8.27. The van der Waals surface area contributed by atoms with E-state index in [0.717, 1.165) is 23.7 Å². The molecular weight excluding hydrogens is 190 g/mol. The van der Waals surface area contributed by atoms with Crippen molar-refractivity contribution < 1.29 is 9.53 Å². The molecule has 0 N–H and O–H groups in total. The average molecular weight is 201 g/mol. The van der Waals surface area contributed by atoms with Crippen molar-refractivity contribution in [2.24, 2.45) is 0 Å². The Morgan fingerprint density at radius 2 is 2.13 bits per heavy atom. The van der Waals surface area contributed by atoms with Gasteiger partial charge in [-0.25, -0.2) is 0 Å². The lowest BCUT2D eigenvalue weighted by Gasteiger charge is -2.35. The molecule has 0 fully saturated rings. The van der Waals surface area contributed by atoms with Crippen LogP contribution in [0, 0.1) is 0 Å². The molecule has 0 saturated carbocycles. The summed E-state index contributed by atoms with van der Waals surface area (Å²) in [6.07, 6.45) is 2.29. The Hall–Kier alpha value is -1.77. The first kappa shape index (κ1) is 8.53. The topological polar surface area (TPSA) is 29.5 Å². The summed E-state index contributed by atoms with van der Waals surface area (Å²) >= 11 is 0. The number of ether oxygens (including phenoxy) is 1. The quantitative estimate of drug-likeness (QED) is 0.640. The molecule has 0 atom stereocenters. The Kier molecular flexibility index (Phi) is 1.78. The van der Waals surface area contributed by atoms with Crippen LogP contribution in [-0.4, -0.2) is 18.9 Å². The van der Waals surface area contributed by atoms with Crippen LogP contribution in [0.1, 0.15) is 6.42 Å². The molecule has 0 bridgehead atoms. The lowest BCUT2D eigenvalue weighted by Crippen LogP contribution is -2.35. The van der Waals surface area contributed by atoms with Crippen molar-refractivity contribution in [3.63, 3.8) is 0 Å². The molecule has 0 aliphatic carbocycles. The molecule has 0 aromatic heterocycles. The van der Waals surface area contributed by atoms with E-state index in [-0.39, 0.29) is 5.78 Å². The molecule has 0 saturated heterocycles. The molecule has 1 aromatic carbocycles. The molecule has 1 aromatic rings. The molecule has 3 heteroatoms. The van der Waals surface area contributed by atoms with Crippen LogP contribution in [0.5, 0.6) is 5.75 Å². The van der Waals surface area contributed by atoms with Crippen LogP contribution in [0.3, 0.4) is 0 Å². The minimum absolute atomic E-state index is 0.198. The first-order valence-electron chi connectivity index (χ1n) is 5.07. The number of ketones is 1. The van der Waals surface area contributed by atoms with Crippen molar-refractivity contribution in [1.29, 1.82) is 0 Å². The molecule has 2 aliphatic rings. The van der Waals surface area contributed by atoms with E-state index in [1.54, 1.807) is 6.08 Å². The summed E-state index contributed by atoms with van der Waals surface area (Å²) in [5, 5.41) is 0. The molecule has 0 radical (unpaired) electrons. The Morgan fingerprint density at radius 3 is 3.07 bits per heavy atom. The molecule has 2 heterocycles. The van der Waals surface area contributed by atoms with E-state index < -0.39 is 0 Å². The van der Waals surface area contributed by atoms with Gasteiger partial charge in [-0.15, -0.1) is 0 Å². The fourth-order valence-electron chi connectivity index (χ4n) is 2.05. The van der Waals surface area contributed by atoms with Crippen LogP contribution in [0.4, 0.5) is 5.69 Å². The summed E-state index contributed by atoms with van der Waals surface area (Å²) in [6.45, 7) is 1.27. The van der Waals surface area contributed by atoms with Crippen LogP contribution in [-0.2, 0) is 4.79 Å². The highest BCUT2D eigenvalue weighted by atomic mass is 16.5. The highest BCUT2D eigenvalue weighted by Gasteiger charge is 2.25. The number of hydrogen-bond acceptors (Lipinski definition) is 3. The van der Waals surface area contributed by atoms with Gasteiger partial charge in [-0.05, 0) is 12.1 Å².